The van der Waals surface area contributed by atoms with Gasteiger partial charge in [-0.05, 0) is 77.6 Å². The maximum absolute atomic E-state index is 6.16. The van der Waals surface area contributed by atoms with Crippen molar-refractivity contribution in [1.29, 1.82) is 0 Å². The van der Waals surface area contributed by atoms with Crippen molar-refractivity contribution in [1.82, 2.24) is 10.3 Å². The Balaban J connectivity index is 1.36. The van der Waals surface area contributed by atoms with E-state index in [0.29, 0.717) is 23.1 Å². The van der Waals surface area contributed by atoms with E-state index in [1.54, 1.807) is 32.5 Å². The van der Waals surface area contributed by atoms with Gasteiger partial charge in [-0.1, -0.05) is 54.1 Å². The van der Waals surface area contributed by atoms with E-state index < -0.39 is 0 Å². The molecule has 0 fully saturated rings. The predicted octanol–water partition coefficient (Wildman–Crippen LogP) is 7.12. The fraction of sp³-hybridized carbons (Fsp3) is 0.242. The summed E-state index contributed by atoms with van der Waals surface area (Å²) in [6.07, 6.45) is 6.89. The number of nitrogens with one attached hydrogen (secondary N) is 1. The topological polar surface area (TPSA) is 61.8 Å². The van der Waals surface area contributed by atoms with Crippen LogP contribution in [0.1, 0.15) is 39.6 Å². The van der Waals surface area contributed by atoms with Crippen LogP contribution >= 0.6 is 11.6 Å². The molecule has 3 aromatic carbocycles. The number of halogens is 1. The van der Waals surface area contributed by atoms with Gasteiger partial charge in [-0.15, -0.1) is 0 Å². The molecule has 7 heteroatoms. The quantitative estimate of drug-likeness (QED) is 0.224. The van der Waals surface area contributed by atoms with E-state index in [0.717, 1.165) is 46.8 Å². The van der Waals surface area contributed by atoms with Gasteiger partial charge < -0.3 is 24.3 Å². The number of hydrogen-bond acceptors (Lipinski definition) is 6. The Hall–Kier alpha value is -4.00. The number of fused-ring (bicyclic) bond motifs is 1. The SMILES string of the molecule is COc1cc2c(cc1OCc1ccccc1)CCNC2/C=C/c1cc(OCc2cc(Cl)ccn2)c(OC)cc1C. The van der Waals surface area contributed by atoms with Gasteiger partial charge in [0.25, 0.3) is 0 Å². The minimum Gasteiger partial charge on any atom is -0.493 e. The molecule has 1 aliphatic heterocycles. The molecule has 0 saturated heterocycles. The monoisotopic (exact) mass is 556 g/mol. The predicted molar refractivity (Wildman–Crippen MR) is 159 cm³/mol. The van der Waals surface area contributed by atoms with Crippen LogP contribution in [0.2, 0.25) is 5.02 Å². The summed E-state index contributed by atoms with van der Waals surface area (Å²) in [7, 11) is 3.32. The molecular formula is C33H33ClN2O4. The van der Waals surface area contributed by atoms with Crippen molar-refractivity contribution < 1.29 is 18.9 Å². The van der Waals surface area contributed by atoms with Gasteiger partial charge in [-0.3, -0.25) is 4.98 Å². The van der Waals surface area contributed by atoms with Crippen LogP contribution in [0.15, 0.2) is 79.0 Å². The number of benzene rings is 3. The standard InChI is InChI=1S/C33H33ClN2O4/c1-22-15-30(37-2)32(40-21-27-18-26(34)12-14-35-27)16-24(22)9-10-29-28-19-31(38-3)33(17-25(28)11-13-36-29)39-20-23-7-5-4-6-8-23/h4-10,12,14-19,29,36H,11,13,20-21H2,1-3H3/b10-9+. The number of pyridine rings is 1. The first-order valence-electron chi connectivity index (χ1n) is 13.2. The van der Waals surface area contributed by atoms with Crippen LogP contribution in [-0.4, -0.2) is 25.7 Å². The largest absolute Gasteiger partial charge is 0.493 e. The molecule has 1 unspecified atom stereocenters. The van der Waals surface area contributed by atoms with Crippen LogP contribution in [0.4, 0.5) is 0 Å². The summed E-state index contributed by atoms with van der Waals surface area (Å²) in [6.45, 7) is 3.71. The summed E-state index contributed by atoms with van der Waals surface area (Å²) in [6, 6.07) is 21.9. The number of hydrogen-bond donors (Lipinski definition) is 1. The minimum atomic E-state index is 0.0300. The van der Waals surface area contributed by atoms with E-state index in [1.807, 2.05) is 30.3 Å². The molecule has 4 aromatic rings. The Bertz CT molecular complexity index is 1490. The number of methoxy groups -OCH3 is 2. The van der Waals surface area contributed by atoms with Gasteiger partial charge in [-0.25, -0.2) is 0 Å². The van der Waals surface area contributed by atoms with Crippen molar-refractivity contribution in [2.75, 3.05) is 20.8 Å². The molecule has 2 heterocycles. The van der Waals surface area contributed by atoms with E-state index in [4.69, 9.17) is 30.5 Å². The van der Waals surface area contributed by atoms with E-state index in [1.165, 1.54) is 11.1 Å². The number of aromatic nitrogens is 1. The highest BCUT2D eigenvalue weighted by molar-refractivity contribution is 6.30. The second kappa shape index (κ2) is 12.9. The smallest absolute Gasteiger partial charge is 0.162 e. The first-order chi connectivity index (χ1) is 19.5. The summed E-state index contributed by atoms with van der Waals surface area (Å²) >= 11 is 6.10. The zero-order valence-corrected chi connectivity index (χ0v) is 23.7. The van der Waals surface area contributed by atoms with E-state index >= 15 is 0 Å². The summed E-state index contributed by atoms with van der Waals surface area (Å²) < 4.78 is 23.5. The molecule has 1 aliphatic rings. The van der Waals surface area contributed by atoms with Gasteiger partial charge in [-0.2, -0.15) is 0 Å². The van der Waals surface area contributed by atoms with Crippen LogP contribution in [-0.2, 0) is 19.6 Å². The van der Waals surface area contributed by atoms with Crippen molar-refractivity contribution >= 4 is 17.7 Å². The Kier molecular flexibility index (Phi) is 8.89. The molecule has 0 radical (unpaired) electrons. The molecule has 6 nitrogen and oxygen atoms in total. The zero-order valence-electron chi connectivity index (χ0n) is 22.9. The summed E-state index contributed by atoms with van der Waals surface area (Å²) in [5.74, 6) is 2.80. The van der Waals surface area contributed by atoms with Gasteiger partial charge in [0.15, 0.2) is 23.0 Å². The molecule has 206 valence electrons. The lowest BCUT2D eigenvalue weighted by atomic mass is 9.92. The third-order valence-corrected chi connectivity index (χ3v) is 7.17. The molecule has 0 spiro atoms. The molecule has 1 N–H and O–H groups in total. The highest BCUT2D eigenvalue weighted by Crippen LogP contribution is 2.37. The summed E-state index contributed by atoms with van der Waals surface area (Å²) in [4.78, 5) is 4.32. The third kappa shape index (κ3) is 6.58. The van der Waals surface area contributed by atoms with E-state index in [-0.39, 0.29) is 12.6 Å². The number of aryl methyl sites for hydroxylation is 1. The van der Waals surface area contributed by atoms with Crippen molar-refractivity contribution in [3.63, 3.8) is 0 Å². The molecule has 1 atom stereocenters. The van der Waals surface area contributed by atoms with Crippen LogP contribution in [0.25, 0.3) is 6.08 Å². The second-order valence-electron chi connectivity index (χ2n) is 9.63. The average molecular weight is 557 g/mol. The Morgan fingerprint density at radius 1 is 0.900 bits per heavy atom. The first kappa shape index (κ1) is 27.6. The maximum atomic E-state index is 6.16. The number of ether oxygens (including phenoxy) is 4. The van der Waals surface area contributed by atoms with Gasteiger partial charge in [0.2, 0.25) is 0 Å². The third-order valence-electron chi connectivity index (χ3n) is 6.93. The van der Waals surface area contributed by atoms with Crippen molar-refractivity contribution in [3.05, 3.63) is 118 Å². The fourth-order valence-electron chi connectivity index (χ4n) is 4.78. The lowest BCUT2D eigenvalue weighted by Crippen LogP contribution is -2.28. The molecule has 0 aliphatic carbocycles. The average Bonchev–Trinajstić information content (AvgIpc) is 2.98. The molecule has 1 aromatic heterocycles. The normalized spacial score (nSPS) is 14.6. The van der Waals surface area contributed by atoms with Crippen LogP contribution in [0, 0.1) is 6.92 Å². The molecule has 0 bridgehead atoms. The van der Waals surface area contributed by atoms with Gasteiger partial charge in [0, 0.05) is 17.8 Å². The summed E-state index contributed by atoms with van der Waals surface area (Å²) in [5.41, 5.74) is 6.42. The zero-order chi connectivity index (χ0) is 27.9. The molecule has 0 saturated carbocycles. The maximum Gasteiger partial charge on any atom is 0.162 e. The van der Waals surface area contributed by atoms with Crippen molar-refractivity contribution in [2.24, 2.45) is 0 Å². The lowest BCUT2D eigenvalue weighted by molar-refractivity contribution is 0.280. The minimum absolute atomic E-state index is 0.0300. The van der Waals surface area contributed by atoms with E-state index in [2.05, 4.69) is 53.6 Å². The second-order valence-corrected chi connectivity index (χ2v) is 10.1. The lowest BCUT2D eigenvalue weighted by Gasteiger charge is -2.26. The van der Waals surface area contributed by atoms with E-state index in [9.17, 15) is 0 Å². The number of nitrogens with zero attached hydrogens (tertiary/aromatic N) is 1. The summed E-state index contributed by atoms with van der Waals surface area (Å²) in [5, 5.41) is 4.25. The van der Waals surface area contributed by atoms with Gasteiger partial charge >= 0.3 is 0 Å². The van der Waals surface area contributed by atoms with Crippen molar-refractivity contribution in [3.8, 4) is 23.0 Å². The van der Waals surface area contributed by atoms with Gasteiger partial charge in [0.05, 0.1) is 26.0 Å². The fourth-order valence-corrected chi connectivity index (χ4v) is 4.97. The Morgan fingerprint density at radius 3 is 2.42 bits per heavy atom. The molecule has 5 rings (SSSR count). The highest BCUT2D eigenvalue weighted by Gasteiger charge is 2.21. The number of rotatable bonds is 10. The molecule has 0 amide bonds. The first-order valence-corrected chi connectivity index (χ1v) is 13.6. The van der Waals surface area contributed by atoms with Crippen LogP contribution in [0.5, 0.6) is 23.0 Å². The Labute approximate surface area is 240 Å². The van der Waals surface area contributed by atoms with Crippen LogP contribution < -0.4 is 24.3 Å². The Morgan fingerprint density at radius 2 is 1.65 bits per heavy atom. The van der Waals surface area contributed by atoms with Crippen molar-refractivity contribution in [2.45, 2.75) is 32.6 Å². The van der Waals surface area contributed by atoms with Crippen LogP contribution in [0.3, 0.4) is 0 Å². The highest BCUT2D eigenvalue weighted by atomic mass is 35.5. The molecular weight excluding hydrogens is 524 g/mol. The van der Waals surface area contributed by atoms with Gasteiger partial charge in [0.1, 0.15) is 13.2 Å². The molecule has 40 heavy (non-hydrogen) atoms.